The Hall–Kier alpha value is -2.90. The van der Waals surface area contributed by atoms with Crippen LogP contribution in [0.1, 0.15) is 21.5 Å². The van der Waals surface area contributed by atoms with E-state index in [-0.39, 0.29) is 37.0 Å². The van der Waals surface area contributed by atoms with Crippen LogP contribution in [0.4, 0.5) is 13.2 Å². The van der Waals surface area contributed by atoms with Gasteiger partial charge in [-0.15, -0.1) is 0 Å². The monoisotopic (exact) mass is 423 g/mol. The molecule has 0 atom stereocenters. The highest BCUT2D eigenvalue weighted by Crippen LogP contribution is 2.30. The number of rotatable bonds is 3. The maximum atomic E-state index is 12.7. The molecule has 1 aliphatic heterocycles. The van der Waals surface area contributed by atoms with Crippen LogP contribution in [0.5, 0.6) is 0 Å². The van der Waals surface area contributed by atoms with Crippen LogP contribution >= 0.6 is 0 Å². The number of carbonyl (C=O) groups excluding carboxylic acids is 1. The zero-order valence-corrected chi connectivity index (χ0v) is 15.9. The Balaban J connectivity index is 1.67. The number of hydrogen-bond donors (Lipinski definition) is 0. The lowest BCUT2D eigenvalue weighted by Crippen LogP contribution is -2.50. The summed E-state index contributed by atoms with van der Waals surface area (Å²) in [4.78, 5) is 13.8. The number of halogens is 3. The summed E-state index contributed by atoms with van der Waals surface area (Å²) in [6.07, 6.45) is -4.54. The number of sulfonamides is 1. The summed E-state index contributed by atoms with van der Waals surface area (Å²) in [5, 5.41) is 8.81. The van der Waals surface area contributed by atoms with Gasteiger partial charge in [0.05, 0.1) is 22.1 Å². The summed E-state index contributed by atoms with van der Waals surface area (Å²) in [6.45, 7) is 0.369. The molecular weight excluding hydrogens is 407 g/mol. The van der Waals surface area contributed by atoms with Crippen molar-refractivity contribution in [1.29, 1.82) is 5.26 Å². The molecule has 0 saturated carbocycles. The zero-order valence-electron chi connectivity index (χ0n) is 15.1. The molecule has 0 aliphatic carbocycles. The number of amides is 1. The van der Waals surface area contributed by atoms with E-state index in [0.717, 1.165) is 28.6 Å². The van der Waals surface area contributed by atoms with Crippen molar-refractivity contribution in [3.05, 3.63) is 65.2 Å². The van der Waals surface area contributed by atoms with Gasteiger partial charge in [0.15, 0.2) is 0 Å². The molecule has 0 unspecified atom stereocenters. The summed E-state index contributed by atoms with van der Waals surface area (Å²) in [6, 6.07) is 11.4. The molecule has 0 spiro atoms. The first kappa shape index (κ1) is 20.8. The van der Waals surface area contributed by atoms with Gasteiger partial charge in [0.1, 0.15) is 0 Å². The molecule has 6 nitrogen and oxygen atoms in total. The number of carbonyl (C=O) groups is 1. The summed E-state index contributed by atoms with van der Waals surface area (Å²) in [7, 11) is -3.96. The summed E-state index contributed by atoms with van der Waals surface area (Å²) in [5.41, 5.74) is -0.105. The molecule has 0 bridgehead atoms. The fourth-order valence-corrected chi connectivity index (χ4v) is 4.39. The fourth-order valence-electron chi connectivity index (χ4n) is 2.97. The van der Waals surface area contributed by atoms with E-state index >= 15 is 0 Å². The Morgan fingerprint density at radius 2 is 1.48 bits per heavy atom. The third kappa shape index (κ3) is 4.41. The molecule has 0 N–H and O–H groups in total. The number of nitrogens with zero attached hydrogens (tertiary/aromatic N) is 3. The quantitative estimate of drug-likeness (QED) is 0.760. The molecule has 1 amide bonds. The van der Waals surface area contributed by atoms with E-state index in [1.165, 1.54) is 29.2 Å². The highest BCUT2D eigenvalue weighted by molar-refractivity contribution is 7.89. The second-order valence-corrected chi connectivity index (χ2v) is 8.35. The minimum Gasteiger partial charge on any atom is -0.336 e. The molecule has 2 aromatic rings. The van der Waals surface area contributed by atoms with Crippen molar-refractivity contribution in [2.24, 2.45) is 0 Å². The van der Waals surface area contributed by atoms with Crippen molar-refractivity contribution in [2.45, 2.75) is 11.1 Å². The highest BCUT2D eigenvalue weighted by atomic mass is 32.2. The van der Waals surface area contributed by atoms with Crippen LogP contribution in [0.15, 0.2) is 53.4 Å². The van der Waals surface area contributed by atoms with E-state index in [1.807, 2.05) is 6.07 Å². The van der Waals surface area contributed by atoms with Crippen molar-refractivity contribution in [1.82, 2.24) is 9.21 Å². The first-order valence-electron chi connectivity index (χ1n) is 8.60. The molecule has 1 heterocycles. The van der Waals surface area contributed by atoms with Crippen molar-refractivity contribution in [3.8, 4) is 6.07 Å². The minimum absolute atomic E-state index is 0.0331. The van der Waals surface area contributed by atoms with E-state index in [1.54, 1.807) is 0 Å². The van der Waals surface area contributed by atoms with E-state index in [4.69, 9.17) is 5.26 Å². The number of piperazine rings is 1. The first-order valence-corrected chi connectivity index (χ1v) is 10.0. The van der Waals surface area contributed by atoms with E-state index in [0.29, 0.717) is 11.1 Å². The molecular formula is C19H16F3N3O3S. The Labute approximate surface area is 165 Å². The van der Waals surface area contributed by atoms with Crippen molar-refractivity contribution in [2.75, 3.05) is 26.2 Å². The van der Waals surface area contributed by atoms with Gasteiger partial charge in [-0.2, -0.15) is 22.7 Å². The van der Waals surface area contributed by atoms with Gasteiger partial charge in [0.25, 0.3) is 5.91 Å². The van der Waals surface area contributed by atoms with Gasteiger partial charge < -0.3 is 4.90 Å². The predicted molar refractivity (Wildman–Crippen MR) is 97.3 cm³/mol. The normalized spacial score (nSPS) is 15.7. The van der Waals surface area contributed by atoms with Crippen LogP contribution in [0.2, 0.25) is 0 Å². The molecule has 10 heteroatoms. The second-order valence-electron chi connectivity index (χ2n) is 6.41. The third-order valence-corrected chi connectivity index (χ3v) is 6.52. The Bertz CT molecular complexity index is 1040. The van der Waals surface area contributed by atoms with Gasteiger partial charge in [0.2, 0.25) is 10.0 Å². The molecule has 1 fully saturated rings. The lowest BCUT2D eigenvalue weighted by molar-refractivity contribution is -0.137. The fraction of sp³-hybridized carbons (Fsp3) is 0.263. The van der Waals surface area contributed by atoms with E-state index in [2.05, 4.69) is 0 Å². The third-order valence-electron chi connectivity index (χ3n) is 4.61. The summed E-state index contributed by atoms with van der Waals surface area (Å²) in [5.74, 6) is -0.277. The number of benzene rings is 2. The topological polar surface area (TPSA) is 81.5 Å². The Kier molecular flexibility index (Phi) is 5.64. The average molecular weight is 423 g/mol. The Morgan fingerprint density at radius 1 is 0.931 bits per heavy atom. The second kappa shape index (κ2) is 7.85. The van der Waals surface area contributed by atoms with Gasteiger partial charge in [-0.05, 0) is 48.5 Å². The first-order chi connectivity index (χ1) is 13.6. The lowest BCUT2D eigenvalue weighted by Gasteiger charge is -2.34. The molecule has 2 aromatic carbocycles. The van der Waals surface area contributed by atoms with Gasteiger partial charge in [-0.3, -0.25) is 4.79 Å². The van der Waals surface area contributed by atoms with Crippen LogP contribution in [0.25, 0.3) is 0 Å². The molecule has 3 rings (SSSR count). The summed E-state index contributed by atoms with van der Waals surface area (Å²) >= 11 is 0. The van der Waals surface area contributed by atoms with Crippen molar-refractivity contribution >= 4 is 15.9 Å². The van der Waals surface area contributed by atoms with Crippen molar-refractivity contribution < 1.29 is 26.4 Å². The molecule has 0 radical (unpaired) electrons. The van der Waals surface area contributed by atoms with E-state index < -0.39 is 21.8 Å². The molecule has 29 heavy (non-hydrogen) atoms. The molecule has 152 valence electrons. The van der Waals surface area contributed by atoms with Crippen LogP contribution < -0.4 is 0 Å². The maximum Gasteiger partial charge on any atom is 0.416 e. The van der Waals surface area contributed by atoms with Gasteiger partial charge >= 0.3 is 6.18 Å². The van der Waals surface area contributed by atoms with Crippen LogP contribution in [0, 0.1) is 11.3 Å². The average Bonchev–Trinajstić information content (AvgIpc) is 2.73. The molecule has 1 aliphatic rings. The lowest BCUT2D eigenvalue weighted by atomic mass is 10.1. The highest BCUT2D eigenvalue weighted by Gasteiger charge is 2.33. The number of nitriles is 1. The van der Waals surface area contributed by atoms with Gasteiger partial charge in [-0.1, -0.05) is 0 Å². The van der Waals surface area contributed by atoms with Crippen molar-refractivity contribution in [3.63, 3.8) is 0 Å². The van der Waals surface area contributed by atoms with Crippen LogP contribution in [0.3, 0.4) is 0 Å². The van der Waals surface area contributed by atoms with E-state index in [9.17, 15) is 26.4 Å². The van der Waals surface area contributed by atoms with Gasteiger partial charge in [-0.25, -0.2) is 8.42 Å². The molecule has 1 saturated heterocycles. The van der Waals surface area contributed by atoms with Crippen LogP contribution in [-0.4, -0.2) is 49.7 Å². The molecule has 0 aromatic heterocycles. The summed E-state index contributed by atoms with van der Waals surface area (Å²) < 4.78 is 64.5. The standard InChI is InChI=1S/C19H16F3N3O3S/c20-19(21,22)16-5-7-17(8-6-16)29(27,28)25-11-9-24(10-12-25)18(26)15-3-1-14(13-23)2-4-15/h1-8H,9-12H2. The SMILES string of the molecule is N#Cc1ccc(C(=O)N2CCN(S(=O)(=O)c3ccc(C(F)(F)F)cc3)CC2)cc1. The maximum absolute atomic E-state index is 12.7. The van der Waals surface area contributed by atoms with Gasteiger partial charge in [0, 0.05) is 31.7 Å². The minimum atomic E-state index is -4.54. The zero-order chi connectivity index (χ0) is 21.2. The number of hydrogen-bond acceptors (Lipinski definition) is 4. The Morgan fingerprint density at radius 3 is 1.97 bits per heavy atom. The van der Waals surface area contributed by atoms with Crippen LogP contribution in [-0.2, 0) is 16.2 Å². The predicted octanol–water partition coefficient (Wildman–Crippen LogP) is 2.72. The largest absolute Gasteiger partial charge is 0.416 e. The smallest absolute Gasteiger partial charge is 0.336 e. The number of alkyl halides is 3.